The minimum atomic E-state index is 0.178. The van der Waals surface area contributed by atoms with Crippen LogP contribution in [-0.2, 0) is 6.61 Å². The lowest BCUT2D eigenvalue weighted by molar-refractivity contribution is 0.305. The highest BCUT2D eigenvalue weighted by atomic mass is 16.5. The number of para-hydroxylation sites is 1. The summed E-state index contributed by atoms with van der Waals surface area (Å²) < 4.78 is 5.87. The van der Waals surface area contributed by atoms with Crippen LogP contribution in [0.1, 0.15) is 11.1 Å². The van der Waals surface area contributed by atoms with Gasteiger partial charge in [0.25, 0.3) is 0 Å². The molecule has 0 unspecified atom stereocenters. The third-order valence-corrected chi connectivity index (χ3v) is 3.33. The first-order valence-corrected chi connectivity index (χ1v) is 6.64. The summed E-state index contributed by atoms with van der Waals surface area (Å²) in [6.07, 6.45) is 0. The fourth-order valence-electron chi connectivity index (χ4n) is 2.30. The molecule has 0 radical (unpaired) electrons. The summed E-state index contributed by atoms with van der Waals surface area (Å²) in [5, 5.41) is 0.792. The summed E-state index contributed by atoms with van der Waals surface area (Å²) in [6, 6.07) is 13.6. The Labute approximate surface area is 122 Å². The van der Waals surface area contributed by atoms with Gasteiger partial charge < -0.3 is 16.2 Å². The molecular formula is C16H16N4O. The van der Waals surface area contributed by atoms with Gasteiger partial charge in [-0.15, -0.1) is 0 Å². The fraction of sp³-hybridized carbons (Fsp3) is 0.125. The molecule has 1 heterocycles. The van der Waals surface area contributed by atoms with Gasteiger partial charge in [0, 0.05) is 10.9 Å². The molecule has 1 aromatic heterocycles. The molecule has 0 aliphatic carbocycles. The van der Waals surface area contributed by atoms with Gasteiger partial charge >= 0.3 is 0 Å². The summed E-state index contributed by atoms with van der Waals surface area (Å²) >= 11 is 0. The Balaban J connectivity index is 1.96. The van der Waals surface area contributed by atoms with Crippen LogP contribution in [0.5, 0.6) is 5.75 Å². The molecule has 5 nitrogen and oxygen atoms in total. The second-order valence-corrected chi connectivity index (χ2v) is 4.83. The van der Waals surface area contributed by atoms with Gasteiger partial charge in [-0.25, -0.2) is 4.98 Å². The van der Waals surface area contributed by atoms with E-state index in [1.165, 1.54) is 0 Å². The van der Waals surface area contributed by atoms with Crippen LogP contribution in [0, 0.1) is 6.92 Å². The molecule has 4 N–H and O–H groups in total. The van der Waals surface area contributed by atoms with E-state index in [1.807, 2.05) is 49.4 Å². The minimum absolute atomic E-state index is 0.178. The Morgan fingerprint density at radius 2 is 1.81 bits per heavy atom. The SMILES string of the molecule is Cc1ccccc1OCc1cccc2nc(N)nc(N)c12. The van der Waals surface area contributed by atoms with Crippen molar-refractivity contribution in [3.8, 4) is 5.75 Å². The van der Waals surface area contributed by atoms with Gasteiger partial charge in [0.05, 0.1) is 5.52 Å². The summed E-state index contributed by atoms with van der Waals surface area (Å²) in [6.45, 7) is 2.41. The van der Waals surface area contributed by atoms with Crippen molar-refractivity contribution in [2.45, 2.75) is 13.5 Å². The standard InChI is InChI=1S/C16H16N4O/c1-10-5-2-3-8-13(10)21-9-11-6-4-7-12-14(11)15(17)20-16(18)19-12/h2-8H,9H2,1H3,(H4,17,18,19,20). The number of anilines is 2. The number of nitrogens with two attached hydrogens (primary N) is 2. The zero-order chi connectivity index (χ0) is 14.8. The largest absolute Gasteiger partial charge is 0.489 e. The van der Waals surface area contributed by atoms with Crippen LogP contribution < -0.4 is 16.2 Å². The molecule has 0 saturated carbocycles. The highest BCUT2D eigenvalue weighted by Crippen LogP contribution is 2.25. The molecule has 5 heteroatoms. The highest BCUT2D eigenvalue weighted by molar-refractivity contribution is 5.91. The summed E-state index contributed by atoms with van der Waals surface area (Å²) in [7, 11) is 0. The Hall–Kier alpha value is -2.82. The van der Waals surface area contributed by atoms with Crippen molar-refractivity contribution in [3.05, 3.63) is 53.6 Å². The number of fused-ring (bicyclic) bond motifs is 1. The summed E-state index contributed by atoms with van der Waals surface area (Å²) in [5.74, 6) is 1.41. The van der Waals surface area contributed by atoms with Crippen molar-refractivity contribution in [2.24, 2.45) is 0 Å². The molecule has 3 rings (SSSR count). The molecule has 0 atom stereocenters. The number of nitrogen functional groups attached to an aromatic ring is 2. The van der Waals surface area contributed by atoms with E-state index in [0.29, 0.717) is 12.4 Å². The summed E-state index contributed by atoms with van der Waals surface area (Å²) in [5.41, 5.74) is 14.4. The Morgan fingerprint density at radius 1 is 1.00 bits per heavy atom. The van der Waals surface area contributed by atoms with Crippen molar-refractivity contribution in [1.82, 2.24) is 9.97 Å². The van der Waals surface area contributed by atoms with Gasteiger partial charge in [0.15, 0.2) is 0 Å². The van der Waals surface area contributed by atoms with Crippen LogP contribution in [0.2, 0.25) is 0 Å². The number of ether oxygens (including phenoxy) is 1. The van der Waals surface area contributed by atoms with E-state index in [9.17, 15) is 0 Å². The lowest BCUT2D eigenvalue weighted by atomic mass is 10.1. The fourth-order valence-corrected chi connectivity index (χ4v) is 2.30. The van der Waals surface area contributed by atoms with Crippen molar-refractivity contribution >= 4 is 22.7 Å². The lowest BCUT2D eigenvalue weighted by Gasteiger charge is -2.11. The van der Waals surface area contributed by atoms with E-state index in [4.69, 9.17) is 16.2 Å². The van der Waals surface area contributed by atoms with Gasteiger partial charge in [0.2, 0.25) is 5.95 Å². The smallest absolute Gasteiger partial charge is 0.222 e. The molecule has 0 saturated heterocycles. The van der Waals surface area contributed by atoms with Gasteiger partial charge in [-0.05, 0) is 24.6 Å². The molecule has 0 amide bonds. The molecule has 0 spiro atoms. The molecular weight excluding hydrogens is 264 g/mol. The van der Waals surface area contributed by atoms with Crippen LogP contribution in [-0.4, -0.2) is 9.97 Å². The predicted octanol–water partition coefficient (Wildman–Crippen LogP) is 2.68. The second-order valence-electron chi connectivity index (χ2n) is 4.83. The van der Waals surface area contributed by atoms with Crippen LogP contribution in [0.15, 0.2) is 42.5 Å². The minimum Gasteiger partial charge on any atom is -0.489 e. The number of aromatic nitrogens is 2. The van der Waals surface area contributed by atoms with Gasteiger partial charge in [-0.3, -0.25) is 0 Å². The quantitative estimate of drug-likeness (QED) is 0.770. The van der Waals surface area contributed by atoms with E-state index in [-0.39, 0.29) is 5.95 Å². The monoisotopic (exact) mass is 280 g/mol. The van der Waals surface area contributed by atoms with Gasteiger partial charge in [-0.1, -0.05) is 30.3 Å². The van der Waals surface area contributed by atoms with Crippen LogP contribution in [0.25, 0.3) is 10.9 Å². The average Bonchev–Trinajstić information content (AvgIpc) is 2.45. The van der Waals surface area contributed by atoms with E-state index < -0.39 is 0 Å². The van der Waals surface area contributed by atoms with E-state index in [0.717, 1.165) is 27.8 Å². The maximum atomic E-state index is 5.97. The Bertz CT molecular complexity index is 801. The zero-order valence-electron chi connectivity index (χ0n) is 11.7. The maximum Gasteiger partial charge on any atom is 0.222 e. The number of nitrogens with zero attached hydrogens (tertiary/aromatic N) is 2. The van der Waals surface area contributed by atoms with Gasteiger partial charge in [-0.2, -0.15) is 4.98 Å². The second kappa shape index (κ2) is 5.28. The number of hydrogen-bond acceptors (Lipinski definition) is 5. The van der Waals surface area contributed by atoms with Crippen molar-refractivity contribution < 1.29 is 4.74 Å². The normalized spacial score (nSPS) is 10.7. The van der Waals surface area contributed by atoms with E-state index >= 15 is 0 Å². The molecule has 0 aliphatic heterocycles. The molecule has 0 bridgehead atoms. The molecule has 2 aromatic carbocycles. The van der Waals surface area contributed by atoms with Crippen molar-refractivity contribution in [1.29, 1.82) is 0 Å². The van der Waals surface area contributed by atoms with Crippen LogP contribution in [0.4, 0.5) is 11.8 Å². The highest BCUT2D eigenvalue weighted by Gasteiger charge is 2.09. The third-order valence-electron chi connectivity index (χ3n) is 3.33. The van der Waals surface area contributed by atoms with E-state index in [2.05, 4.69) is 9.97 Å². The summed E-state index contributed by atoms with van der Waals surface area (Å²) in [4.78, 5) is 8.22. The third kappa shape index (κ3) is 2.58. The van der Waals surface area contributed by atoms with Crippen LogP contribution >= 0.6 is 0 Å². The molecule has 3 aromatic rings. The average molecular weight is 280 g/mol. The number of rotatable bonds is 3. The molecule has 106 valence electrons. The first-order valence-electron chi connectivity index (χ1n) is 6.64. The zero-order valence-corrected chi connectivity index (χ0v) is 11.7. The molecule has 21 heavy (non-hydrogen) atoms. The Kier molecular flexibility index (Phi) is 3.31. The number of hydrogen-bond donors (Lipinski definition) is 2. The Morgan fingerprint density at radius 3 is 2.62 bits per heavy atom. The van der Waals surface area contributed by atoms with E-state index in [1.54, 1.807) is 0 Å². The predicted molar refractivity (Wildman–Crippen MR) is 83.9 cm³/mol. The topological polar surface area (TPSA) is 87.0 Å². The first-order chi connectivity index (χ1) is 10.1. The number of aryl methyl sites for hydroxylation is 1. The first kappa shape index (κ1) is 13.2. The molecule has 0 fully saturated rings. The van der Waals surface area contributed by atoms with Gasteiger partial charge in [0.1, 0.15) is 18.2 Å². The number of benzene rings is 2. The lowest BCUT2D eigenvalue weighted by Crippen LogP contribution is -2.04. The maximum absolute atomic E-state index is 5.97. The van der Waals surface area contributed by atoms with Crippen molar-refractivity contribution in [2.75, 3.05) is 11.5 Å². The van der Waals surface area contributed by atoms with Crippen molar-refractivity contribution in [3.63, 3.8) is 0 Å². The molecule has 0 aliphatic rings. The van der Waals surface area contributed by atoms with Crippen LogP contribution in [0.3, 0.4) is 0 Å².